The zero-order valence-corrected chi connectivity index (χ0v) is 12.4. The fraction of sp³-hybridized carbons (Fsp3) is 0.882. The van der Waals surface area contributed by atoms with Crippen LogP contribution in [0.2, 0.25) is 0 Å². The van der Waals surface area contributed by atoms with Gasteiger partial charge in [-0.25, -0.2) is 0 Å². The van der Waals surface area contributed by atoms with Gasteiger partial charge in [0.1, 0.15) is 0 Å². The third-order valence-electron chi connectivity index (χ3n) is 5.36. The van der Waals surface area contributed by atoms with E-state index in [2.05, 4.69) is 22.2 Å². The Morgan fingerprint density at radius 3 is 1.26 bits per heavy atom. The molecule has 0 aromatic carbocycles. The van der Waals surface area contributed by atoms with Crippen molar-refractivity contribution in [2.24, 2.45) is 0 Å². The average molecular weight is 262 g/mol. The van der Waals surface area contributed by atoms with Crippen molar-refractivity contribution in [3.8, 4) is 0 Å². The highest BCUT2D eigenvalue weighted by Gasteiger charge is 2.26. The van der Waals surface area contributed by atoms with Gasteiger partial charge in [-0.2, -0.15) is 0 Å². The first-order valence-electron chi connectivity index (χ1n) is 8.63. The molecule has 1 aliphatic heterocycles. The largest absolute Gasteiger partial charge is 0.356 e. The monoisotopic (exact) mass is 262 g/mol. The Balaban J connectivity index is 1.53. The summed E-state index contributed by atoms with van der Waals surface area (Å²) in [6.45, 7) is 1.18. The van der Waals surface area contributed by atoms with Gasteiger partial charge in [0.25, 0.3) is 0 Å². The van der Waals surface area contributed by atoms with Crippen LogP contribution < -0.4 is 0 Å². The molecule has 2 nitrogen and oxygen atoms in total. The summed E-state index contributed by atoms with van der Waals surface area (Å²) in [4.78, 5) is 5.27. The van der Waals surface area contributed by atoms with E-state index in [4.69, 9.17) is 0 Å². The molecule has 0 bridgehead atoms. The number of hydrogen-bond donors (Lipinski definition) is 0. The molecule has 108 valence electrons. The average Bonchev–Trinajstić information content (AvgIpc) is 2.67. The van der Waals surface area contributed by atoms with Crippen molar-refractivity contribution in [1.29, 1.82) is 0 Å². The number of nitrogens with zero attached hydrogens (tertiary/aromatic N) is 2. The molecule has 2 fully saturated rings. The number of hydrogen-bond acceptors (Lipinski definition) is 2. The van der Waals surface area contributed by atoms with Crippen LogP contribution >= 0.6 is 0 Å². The van der Waals surface area contributed by atoms with E-state index in [0.29, 0.717) is 0 Å². The van der Waals surface area contributed by atoms with Gasteiger partial charge in [-0.1, -0.05) is 51.4 Å². The van der Waals surface area contributed by atoms with Crippen molar-refractivity contribution in [3.05, 3.63) is 12.4 Å². The maximum Gasteiger partial charge on any atom is 0.0899 e. The second kappa shape index (κ2) is 6.67. The molecular weight excluding hydrogens is 232 g/mol. The SMILES string of the molecule is C1=CN(C2CCCCCC2)CN1C1CCCCCC1. The second-order valence-electron chi connectivity index (χ2n) is 6.76. The molecule has 0 spiro atoms. The number of rotatable bonds is 2. The van der Waals surface area contributed by atoms with E-state index in [1.54, 1.807) is 0 Å². The Kier molecular flexibility index (Phi) is 4.68. The van der Waals surface area contributed by atoms with E-state index < -0.39 is 0 Å². The molecule has 0 N–H and O–H groups in total. The molecule has 0 amide bonds. The van der Waals surface area contributed by atoms with E-state index in [1.807, 2.05) is 0 Å². The van der Waals surface area contributed by atoms with Crippen LogP contribution in [-0.2, 0) is 0 Å². The van der Waals surface area contributed by atoms with Gasteiger partial charge >= 0.3 is 0 Å². The predicted octanol–water partition coefficient (Wildman–Crippen LogP) is 4.48. The highest BCUT2D eigenvalue weighted by Crippen LogP contribution is 2.28. The maximum absolute atomic E-state index is 2.64. The summed E-state index contributed by atoms with van der Waals surface area (Å²) in [5.74, 6) is 0. The van der Waals surface area contributed by atoms with Crippen LogP contribution in [0.4, 0.5) is 0 Å². The van der Waals surface area contributed by atoms with E-state index in [0.717, 1.165) is 12.1 Å². The second-order valence-corrected chi connectivity index (χ2v) is 6.76. The van der Waals surface area contributed by atoms with E-state index in [9.17, 15) is 0 Å². The lowest BCUT2D eigenvalue weighted by Crippen LogP contribution is -2.38. The van der Waals surface area contributed by atoms with Crippen molar-refractivity contribution >= 4 is 0 Å². The lowest BCUT2D eigenvalue weighted by atomic mass is 10.1. The summed E-state index contributed by atoms with van der Waals surface area (Å²) in [7, 11) is 0. The third-order valence-corrected chi connectivity index (χ3v) is 5.36. The zero-order valence-electron chi connectivity index (χ0n) is 12.4. The van der Waals surface area contributed by atoms with Gasteiger partial charge in [-0.3, -0.25) is 0 Å². The highest BCUT2D eigenvalue weighted by molar-refractivity contribution is 4.97. The summed E-state index contributed by atoms with van der Waals surface area (Å²) >= 11 is 0. The topological polar surface area (TPSA) is 6.48 Å². The predicted molar refractivity (Wildman–Crippen MR) is 80.7 cm³/mol. The lowest BCUT2D eigenvalue weighted by molar-refractivity contribution is 0.157. The molecule has 3 aliphatic rings. The molecule has 0 radical (unpaired) electrons. The summed E-state index contributed by atoms with van der Waals surface area (Å²) in [6, 6.07) is 1.66. The molecule has 2 aliphatic carbocycles. The lowest BCUT2D eigenvalue weighted by Gasteiger charge is -2.32. The Morgan fingerprint density at radius 1 is 0.526 bits per heavy atom. The van der Waals surface area contributed by atoms with Gasteiger partial charge in [0.15, 0.2) is 0 Å². The Labute approximate surface area is 118 Å². The van der Waals surface area contributed by atoms with Crippen LogP contribution in [0.5, 0.6) is 0 Å². The highest BCUT2D eigenvalue weighted by atomic mass is 15.4. The van der Waals surface area contributed by atoms with Crippen LogP contribution in [0.25, 0.3) is 0 Å². The first-order valence-corrected chi connectivity index (χ1v) is 8.63. The molecule has 0 saturated heterocycles. The Morgan fingerprint density at radius 2 is 0.895 bits per heavy atom. The fourth-order valence-corrected chi connectivity index (χ4v) is 4.11. The van der Waals surface area contributed by atoms with Crippen molar-refractivity contribution in [1.82, 2.24) is 9.80 Å². The molecule has 0 aromatic rings. The van der Waals surface area contributed by atoms with Crippen molar-refractivity contribution in [2.45, 2.75) is 89.1 Å². The first-order chi connectivity index (χ1) is 9.43. The van der Waals surface area contributed by atoms with E-state index >= 15 is 0 Å². The fourth-order valence-electron chi connectivity index (χ4n) is 4.11. The summed E-state index contributed by atoms with van der Waals surface area (Å²) in [6.07, 6.45) is 22.1. The summed E-state index contributed by atoms with van der Waals surface area (Å²) in [5.41, 5.74) is 0. The van der Waals surface area contributed by atoms with Crippen molar-refractivity contribution in [2.75, 3.05) is 6.67 Å². The molecule has 3 rings (SSSR count). The van der Waals surface area contributed by atoms with Crippen molar-refractivity contribution in [3.63, 3.8) is 0 Å². The normalized spacial score (nSPS) is 27.6. The van der Waals surface area contributed by atoms with Gasteiger partial charge in [0, 0.05) is 24.5 Å². The van der Waals surface area contributed by atoms with Crippen LogP contribution in [0, 0.1) is 0 Å². The van der Waals surface area contributed by atoms with Gasteiger partial charge in [0.2, 0.25) is 0 Å². The molecule has 0 atom stereocenters. The molecule has 0 aromatic heterocycles. The molecule has 1 heterocycles. The minimum absolute atomic E-state index is 0.828. The van der Waals surface area contributed by atoms with Crippen LogP contribution in [0.1, 0.15) is 77.0 Å². The molecular formula is C17H30N2. The Bertz CT molecular complexity index is 256. The van der Waals surface area contributed by atoms with Crippen LogP contribution in [0.15, 0.2) is 12.4 Å². The van der Waals surface area contributed by atoms with Gasteiger partial charge in [-0.05, 0) is 25.7 Å². The standard InChI is InChI=1S/C17H30N2/c1-2-6-10-16(9-5-1)18-13-14-19(15-18)17-11-7-3-4-8-12-17/h13-14,16-17H,1-12,15H2. The quantitative estimate of drug-likeness (QED) is 0.677. The van der Waals surface area contributed by atoms with Crippen LogP contribution in [-0.4, -0.2) is 28.6 Å². The minimum atomic E-state index is 0.828. The molecule has 0 unspecified atom stereocenters. The van der Waals surface area contributed by atoms with E-state index in [1.165, 1.54) is 83.7 Å². The van der Waals surface area contributed by atoms with E-state index in [-0.39, 0.29) is 0 Å². The Hall–Kier alpha value is -0.660. The zero-order chi connectivity index (χ0) is 12.9. The van der Waals surface area contributed by atoms with Gasteiger partial charge in [0.05, 0.1) is 6.67 Å². The first kappa shape index (κ1) is 13.3. The summed E-state index contributed by atoms with van der Waals surface area (Å²) < 4.78 is 0. The molecule has 19 heavy (non-hydrogen) atoms. The maximum atomic E-state index is 2.64. The molecule has 2 heteroatoms. The van der Waals surface area contributed by atoms with Crippen LogP contribution in [0.3, 0.4) is 0 Å². The van der Waals surface area contributed by atoms with Crippen molar-refractivity contribution < 1.29 is 0 Å². The van der Waals surface area contributed by atoms with Gasteiger partial charge < -0.3 is 9.80 Å². The smallest absolute Gasteiger partial charge is 0.0899 e. The minimum Gasteiger partial charge on any atom is -0.356 e. The van der Waals surface area contributed by atoms with Gasteiger partial charge in [-0.15, -0.1) is 0 Å². The summed E-state index contributed by atoms with van der Waals surface area (Å²) in [5, 5.41) is 0. The molecule has 2 saturated carbocycles. The third kappa shape index (κ3) is 3.46.